The third-order valence-corrected chi connectivity index (χ3v) is 4.72. The number of amides is 1. The summed E-state index contributed by atoms with van der Waals surface area (Å²) in [5.41, 5.74) is 6.78. The van der Waals surface area contributed by atoms with Crippen molar-refractivity contribution in [2.75, 3.05) is 13.1 Å². The second-order valence-corrected chi connectivity index (χ2v) is 6.78. The Kier molecular flexibility index (Phi) is 7.53. The van der Waals surface area contributed by atoms with Crippen molar-refractivity contribution in [1.29, 1.82) is 0 Å². The van der Waals surface area contributed by atoms with Crippen molar-refractivity contribution in [3.05, 3.63) is 35.9 Å². The van der Waals surface area contributed by atoms with Gasteiger partial charge in [-0.1, -0.05) is 43.2 Å². The summed E-state index contributed by atoms with van der Waals surface area (Å²) in [7, 11) is 0. The molecule has 5 nitrogen and oxygen atoms in total. The highest BCUT2D eigenvalue weighted by Gasteiger charge is 2.32. The van der Waals surface area contributed by atoms with Crippen molar-refractivity contribution in [3.8, 4) is 0 Å². The molecule has 0 unspecified atom stereocenters. The van der Waals surface area contributed by atoms with Gasteiger partial charge in [0.2, 0.25) is 0 Å². The van der Waals surface area contributed by atoms with Gasteiger partial charge in [0.25, 0.3) is 0 Å². The molecule has 5 heteroatoms. The lowest BCUT2D eigenvalue weighted by Crippen LogP contribution is -2.56. The standard InChI is InChI=1S/C19H31N3O2/c1-15(2)22(13-12-20)18-11-7-6-10-17(18)21-19(23)24-14-16-8-4-3-5-9-16/h3-5,8-9,15,17-18H,6-7,10-14,20H2,1-2H3,(H,21,23)/t17-,18+/m1/s1. The zero-order valence-electron chi connectivity index (χ0n) is 14.9. The van der Waals surface area contributed by atoms with Crippen LogP contribution in [-0.2, 0) is 11.3 Å². The summed E-state index contributed by atoms with van der Waals surface area (Å²) in [5.74, 6) is 0. The van der Waals surface area contributed by atoms with Crippen LogP contribution in [0.1, 0.15) is 45.1 Å². The molecule has 2 atom stereocenters. The number of carbonyl (C=O) groups is 1. The van der Waals surface area contributed by atoms with E-state index in [1.54, 1.807) is 0 Å². The van der Waals surface area contributed by atoms with Gasteiger partial charge in [0.05, 0.1) is 0 Å². The third-order valence-electron chi connectivity index (χ3n) is 4.72. The van der Waals surface area contributed by atoms with Crippen LogP contribution in [0.5, 0.6) is 0 Å². The van der Waals surface area contributed by atoms with Crippen LogP contribution in [-0.4, -0.2) is 42.2 Å². The zero-order chi connectivity index (χ0) is 17.4. The van der Waals surface area contributed by atoms with E-state index >= 15 is 0 Å². The Bertz CT molecular complexity index is 493. The highest BCUT2D eigenvalue weighted by atomic mass is 16.5. The van der Waals surface area contributed by atoms with Crippen LogP contribution in [0.25, 0.3) is 0 Å². The number of benzene rings is 1. The molecule has 0 heterocycles. The second kappa shape index (κ2) is 9.64. The SMILES string of the molecule is CC(C)N(CCN)[C@H]1CCCC[C@H]1NC(=O)OCc1ccccc1. The van der Waals surface area contributed by atoms with Crippen LogP contribution < -0.4 is 11.1 Å². The normalized spacial score (nSPS) is 21.0. The molecule has 0 radical (unpaired) electrons. The topological polar surface area (TPSA) is 67.6 Å². The van der Waals surface area contributed by atoms with Crippen molar-refractivity contribution in [2.45, 2.75) is 64.3 Å². The number of ether oxygens (including phenoxy) is 1. The number of carbonyl (C=O) groups excluding carboxylic acids is 1. The van der Waals surface area contributed by atoms with Gasteiger partial charge in [-0.05, 0) is 32.3 Å². The molecular formula is C19H31N3O2. The quantitative estimate of drug-likeness (QED) is 0.805. The third kappa shape index (κ3) is 5.49. The average molecular weight is 333 g/mol. The molecule has 0 aliphatic heterocycles. The molecule has 1 fully saturated rings. The number of hydrogen-bond acceptors (Lipinski definition) is 4. The molecule has 0 saturated heterocycles. The van der Waals surface area contributed by atoms with Crippen molar-refractivity contribution in [1.82, 2.24) is 10.2 Å². The monoisotopic (exact) mass is 333 g/mol. The van der Waals surface area contributed by atoms with Crippen molar-refractivity contribution >= 4 is 6.09 Å². The van der Waals surface area contributed by atoms with Gasteiger partial charge in [0, 0.05) is 31.2 Å². The van der Waals surface area contributed by atoms with Gasteiger partial charge in [-0.15, -0.1) is 0 Å². The predicted octanol–water partition coefficient (Wildman–Crippen LogP) is 2.89. The number of nitrogens with zero attached hydrogens (tertiary/aromatic N) is 1. The minimum absolute atomic E-state index is 0.135. The Balaban J connectivity index is 1.90. The summed E-state index contributed by atoms with van der Waals surface area (Å²) in [4.78, 5) is 14.6. The summed E-state index contributed by atoms with van der Waals surface area (Å²) in [6, 6.07) is 10.6. The van der Waals surface area contributed by atoms with E-state index in [2.05, 4.69) is 24.1 Å². The minimum atomic E-state index is -0.327. The number of nitrogens with one attached hydrogen (secondary N) is 1. The van der Waals surface area contributed by atoms with E-state index in [9.17, 15) is 4.79 Å². The summed E-state index contributed by atoms with van der Waals surface area (Å²) < 4.78 is 5.39. The summed E-state index contributed by atoms with van der Waals surface area (Å²) in [6.07, 6.45) is 4.12. The summed E-state index contributed by atoms with van der Waals surface area (Å²) in [6.45, 7) is 6.18. The maximum absolute atomic E-state index is 12.2. The molecule has 1 aliphatic rings. The Morgan fingerprint density at radius 2 is 2.00 bits per heavy atom. The van der Waals surface area contributed by atoms with Crippen LogP contribution >= 0.6 is 0 Å². The Morgan fingerprint density at radius 3 is 2.67 bits per heavy atom. The van der Waals surface area contributed by atoms with Gasteiger partial charge >= 0.3 is 6.09 Å². The molecule has 0 spiro atoms. The fourth-order valence-corrected chi connectivity index (χ4v) is 3.55. The fourth-order valence-electron chi connectivity index (χ4n) is 3.55. The van der Waals surface area contributed by atoms with Gasteiger partial charge in [-0.2, -0.15) is 0 Å². The first-order valence-electron chi connectivity index (χ1n) is 9.05. The maximum atomic E-state index is 12.2. The molecule has 0 aromatic heterocycles. The molecule has 134 valence electrons. The number of nitrogens with two attached hydrogens (primary N) is 1. The highest BCUT2D eigenvalue weighted by Crippen LogP contribution is 2.25. The van der Waals surface area contributed by atoms with E-state index in [4.69, 9.17) is 10.5 Å². The lowest BCUT2D eigenvalue weighted by molar-refractivity contribution is 0.0832. The smallest absolute Gasteiger partial charge is 0.407 e. The van der Waals surface area contributed by atoms with E-state index in [1.165, 1.54) is 6.42 Å². The first kappa shape index (κ1) is 18.7. The van der Waals surface area contributed by atoms with Gasteiger partial charge in [-0.3, -0.25) is 4.90 Å². The van der Waals surface area contributed by atoms with E-state index in [1.807, 2.05) is 30.3 Å². The molecule has 1 amide bonds. The summed E-state index contributed by atoms with van der Waals surface area (Å²) in [5, 5.41) is 3.09. The van der Waals surface area contributed by atoms with Crippen LogP contribution in [0.15, 0.2) is 30.3 Å². The summed E-state index contributed by atoms with van der Waals surface area (Å²) >= 11 is 0. The molecule has 1 aromatic carbocycles. The first-order chi connectivity index (χ1) is 11.6. The largest absolute Gasteiger partial charge is 0.445 e. The van der Waals surface area contributed by atoms with E-state index in [0.717, 1.165) is 31.4 Å². The Morgan fingerprint density at radius 1 is 1.29 bits per heavy atom. The van der Waals surface area contributed by atoms with Crippen LogP contribution in [0, 0.1) is 0 Å². The molecular weight excluding hydrogens is 302 g/mol. The molecule has 1 aliphatic carbocycles. The predicted molar refractivity (Wildman–Crippen MR) is 96.7 cm³/mol. The lowest BCUT2D eigenvalue weighted by atomic mass is 9.88. The highest BCUT2D eigenvalue weighted by molar-refractivity contribution is 5.67. The molecule has 1 aromatic rings. The van der Waals surface area contributed by atoms with E-state index in [0.29, 0.717) is 25.2 Å². The van der Waals surface area contributed by atoms with Crippen LogP contribution in [0.3, 0.4) is 0 Å². The van der Waals surface area contributed by atoms with Crippen LogP contribution in [0.2, 0.25) is 0 Å². The first-order valence-corrected chi connectivity index (χ1v) is 9.05. The van der Waals surface area contributed by atoms with Gasteiger partial charge in [0.15, 0.2) is 0 Å². The number of alkyl carbamates (subject to hydrolysis) is 1. The zero-order valence-corrected chi connectivity index (χ0v) is 14.9. The van der Waals surface area contributed by atoms with Crippen LogP contribution in [0.4, 0.5) is 4.79 Å². The second-order valence-electron chi connectivity index (χ2n) is 6.78. The van der Waals surface area contributed by atoms with E-state index < -0.39 is 0 Å². The Labute approximate surface area is 145 Å². The van der Waals surface area contributed by atoms with E-state index in [-0.39, 0.29) is 12.1 Å². The molecule has 3 N–H and O–H groups in total. The lowest BCUT2D eigenvalue weighted by Gasteiger charge is -2.42. The molecule has 2 rings (SSSR count). The maximum Gasteiger partial charge on any atom is 0.407 e. The van der Waals surface area contributed by atoms with Gasteiger partial charge < -0.3 is 15.8 Å². The van der Waals surface area contributed by atoms with Gasteiger partial charge in [0.1, 0.15) is 6.61 Å². The molecule has 1 saturated carbocycles. The average Bonchev–Trinajstić information content (AvgIpc) is 2.59. The van der Waals surface area contributed by atoms with Crippen molar-refractivity contribution in [3.63, 3.8) is 0 Å². The number of hydrogen-bond donors (Lipinski definition) is 2. The van der Waals surface area contributed by atoms with Crippen molar-refractivity contribution < 1.29 is 9.53 Å². The van der Waals surface area contributed by atoms with Crippen molar-refractivity contribution in [2.24, 2.45) is 5.73 Å². The molecule has 24 heavy (non-hydrogen) atoms. The Hall–Kier alpha value is -1.59. The molecule has 0 bridgehead atoms. The number of rotatable bonds is 7. The minimum Gasteiger partial charge on any atom is -0.445 e. The van der Waals surface area contributed by atoms with Gasteiger partial charge in [-0.25, -0.2) is 4.79 Å². The fraction of sp³-hybridized carbons (Fsp3) is 0.632.